The molecule has 0 amide bonds. The Labute approximate surface area is 114 Å². The van der Waals surface area contributed by atoms with Crippen LogP contribution in [-0.4, -0.2) is 25.8 Å². The molecular formula is C14H28O3S. The quantitative estimate of drug-likeness (QED) is 0.585. The van der Waals surface area contributed by atoms with Gasteiger partial charge in [-0.25, -0.2) is 0 Å². The van der Waals surface area contributed by atoms with Crippen LogP contribution in [0.2, 0.25) is 0 Å². The van der Waals surface area contributed by atoms with E-state index in [-0.39, 0.29) is 0 Å². The lowest BCUT2D eigenvalue weighted by molar-refractivity contribution is -0.139. The molecule has 1 N–H and O–H groups in total. The molecule has 3 nitrogen and oxygen atoms in total. The molecule has 1 unspecified atom stereocenters. The van der Waals surface area contributed by atoms with Gasteiger partial charge in [0, 0.05) is 16.6 Å². The van der Waals surface area contributed by atoms with Gasteiger partial charge in [0.2, 0.25) is 0 Å². The normalized spacial score (nSPS) is 13.5. The summed E-state index contributed by atoms with van der Waals surface area (Å²) in [5, 5.41) is 8.94. The highest BCUT2D eigenvalue weighted by Gasteiger charge is 2.33. The van der Waals surface area contributed by atoms with E-state index in [0.717, 1.165) is 12.8 Å². The van der Waals surface area contributed by atoms with Crippen LogP contribution in [0.1, 0.15) is 72.1 Å². The molecule has 0 aliphatic heterocycles. The average Bonchev–Trinajstić information content (AvgIpc) is 2.32. The highest BCUT2D eigenvalue weighted by molar-refractivity contribution is 7.87. The van der Waals surface area contributed by atoms with Crippen molar-refractivity contribution in [2.45, 2.75) is 76.9 Å². The van der Waals surface area contributed by atoms with Crippen LogP contribution in [0.5, 0.6) is 0 Å². The van der Waals surface area contributed by atoms with Crippen molar-refractivity contribution in [3.63, 3.8) is 0 Å². The SMILES string of the molecule is CCCCCCCCCCS(=O)C(C)(C)C(=O)O. The number of carboxylic acids is 1. The Morgan fingerprint density at radius 1 is 1.00 bits per heavy atom. The topological polar surface area (TPSA) is 54.4 Å². The fourth-order valence-corrected chi connectivity index (χ4v) is 2.89. The Bertz CT molecular complexity index is 262. The Morgan fingerprint density at radius 2 is 1.44 bits per heavy atom. The fraction of sp³-hybridized carbons (Fsp3) is 0.929. The van der Waals surface area contributed by atoms with Gasteiger partial charge in [0.15, 0.2) is 0 Å². The molecule has 18 heavy (non-hydrogen) atoms. The molecular weight excluding hydrogens is 248 g/mol. The van der Waals surface area contributed by atoms with Gasteiger partial charge in [-0.2, -0.15) is 0 Å². The first-order chi connectivity index (χ1) is 8.42. The summed E-state index contributed by atoms with van der Waals surface area (Å²) in [5.41, 5.74) is 0. The van der Waals surface area contributed by atoms with Gasteiger partial charge >= 0.3 is 5.97 Å². The van der Waals surface area contributed by atoms with Crippen LogP contribution in [0.3, 0.4) is 0 Å². The van der Waals surface area contributed by atoms with Gasteiger partial charge in [0.25, 0.3) is 0 Å². The summed E-state index contributed by atoms with van der Waals surface area (Å²) in [6.07, 6.45) is 9.54. The first-order valence-electron chi connectivity index (χ1n) is 7.04. The average molecular weight is 276 g/mol. The molecule has 0 heterocycles. The van der Waals surface area contributed by atoms with Crippen LogP contribution < -0.4 is 0 Å². The first-order valence-corrected chi connectivity index (χ1v) is 8.36. The van der Waals surface area contributed by atoms with Crippen LogP contribution in [-0.2, 0) is 15.6 Å². The molecule has 0 spiro atoms. The Hall–Kier alpha value is -0.380. The molecule has 0 aliphatic carbocycles. The summed E-state index contributed by atoms with van der Waals surface area (Å²) < 4.78 is 10.7. The van der Waals surface area contributed by atoms with Crippen molar-refractivity contribution >= 4 is 16.8 Å². The summed E-state index contributed by atoms with van der Waals surface area (Å²) in [6.45, 7) is 5.28. The number of carbonyl (C=O) groups is 1. The highest BCUT2D eigenvalue weighted by atomic mass is 32.2. The minimum atomic E-state index is -1.27. The van der Waals surface area contributed by atoms with Crippen LogP contribution in [0.15, 0.2) is 0 Å². The number of rotatable bonds is 11. The van der Waals surface area contributed by atoms with E-state index in [1.54, 1.807) is 0 Å². The summed E-state index contributed by atoms with van der Waals surface area (Å²) in [7, 11) is -1.27. The van der Waals surface area contributed by atoms with Crippen LogP contribution in [0.4, 0.5) is 0 Å². The molecule has 1 atom stereocenters. The third kappa shape index (κ3) is 7.14. The van der Waals surface area contributed by atoms with E-state index in [9.17, 15) is 9.00 Å². The van der Waals surface area contributed by atoms with E-state index < -0.39 is 21.5 Å². The second-order valence-electron chi connectivity index (χ2n) is 5.34. The lowest BCUT2D eigenvalue weighted by atomic mass is 10.1. The number of hydrogen-bond donors (Lipinski definition) is 1. The number of carboxylic acid groups (broad SMARTS) is 1. The zero-order chi connectivity index (χ0) is 14.0. The van der Waals surface area contributed by atoms with E-state index in [4.69, 9.17) is 5.11 Å². The number of aliphatic carboxylic acids is 1. The second-order valence-corrected chi connectivity index (χ2v) is 7.46. The van der Waals surface area contributed by atoms with Crippen molar-refractivity contribution in [1.29, 1.82) is 0 Å². The van der Waals surface area contributed by atoms with E-state index in [1.165, 1.54) is 52.4 Å². The van der Waals surface area contributed by atoms with Crippen molar-refractivity contribution in [3.8, 4) is 0 Å². The number of hydrogen-bond acceptors (Lipinski definition) is 2. The molecule has 0 radical (unpaired) electrons. The molecule has 0 aromatic heterocycles. The minimum absolute atomic E-state index is 0.508. The van der Waals surface area contributed by atoms with Crippen molar-refractivity contribution in [1.82, 2.24) is 0 Å². The third-order valence-electron chi connectivity index (χ3n) is 3.27. The Balaban J connectivity index is 3.55. The van der Waals surface area contributed by atoms with E-state index in [2.05, 4.69) is 6.92 Å². The van der Waals surface area contributed by atoms with Crippen molar-refractivity contribution in [2.75, 3.05) is 5.75 Å². The monoisotopic (exact) mass is 276 g/mol. The van der Waals surface area contributed by atoms with Crippen LogP contribution in [0, 0.1) is 0 Å². The highest BCUT2D eigenvalue weighted by Crippen LogP contribution is 2.16. The van der Waals surface area contributed by atoms with E-state index >= 15 is 0 Å². The van der Waals surface area contributed by atoms with Gasteiger partial charge in [-0.05, 0) is 20.3 Å². The molecule has 0 aromatic rings. The maximum absolute atomic E-state index is 11.8. The lowest BCUT2D eigenvalue weighted by Gasteiger charge is -2.18. The van der Waals surface area contributed by atoms with Gasteiger partial charge in [-0.1, -0.05) is 51.9 Å². The summed E-state index contributed by atoms with van der Waals surface area (Å²) in [5.74, 6) is -0.464. The maximum Gasteiger partial charge on any atom is 0.321 e. The van der Waals surface area contributed by atoms with Gasteiger partial charge < -0.3 is 5.11 Å². The third-order valence-corrected chi connectivity index (χ3v) is 5.24. The number of unbranched alkanes of at least 4 members (excludes halogenated alkanes) is 7. The second kappa shape index (κ2) is 9.54. The molecule has 0 saturated heterocycles. The zero-order valence-electron chi connectivity index (χ0n) is 12.0. The molecule has 0 saturated carbocycles. The predicted molar refractivity (Wildman–Crippen MR) is 77.3 cm³/mol. The summed E-state index contributed by atoms with van der Waals surface area (Å²) in [4.78, 5) is 10.9. The van der Waals surface area contributed by atoms with Gasteiger partial charge in [-0.15, -0.1) is 0 Å². The molecule has 4 heteroatoms. The van der Waals surface area contributed by atoms with Crippen LogP contribution >= 0.6 is 0 Å². The molecule has 0 aromatic carbocycles. The lowest BCUT2D eigenvalue weighted by Crippen LogP contribution is -2.37. The zero-order valence-corrected chi connectivity index (χ0v) is 12.9. The fourth-order valence-electron chi connectivity index (χ4n) is 1.72. The van der Waals surface area contributed by atoms with Crippen molar-refractivity contribution < 1.29 is 14.1 Å². The summed E-state index contributed by atoms with van der Waals surface area (Å²) in [6, 6.07) is 0. The van der Waals surface area contributed by atoms with Gasteiger partial charge in [0.1, 0.15) is 4.75 Å². The van der Waals surface area contributed by atoms with E-state index in [0.29, 0.717) is 5.75 Å². The molecule has 0 bridgehead atoms. The molecule has 0 aliphatic rings. The largest absolute Gasteiger partial charge is 0.480 e. The minimum Gasteiger partial charge on any atom is -0.480 e. The Morgan fingerprint density at radius 3 is 1.89 bits per heavy atom. The van der Waals surface area contributed by atoms with Gasteiger partial charge in [0.05, 0.1) is 0 Å². The van der Waals surface area contributed by atoms with Crippen molar-refractivity contribution in [2.24, 2.45) is 0 Å². The predicted octanol–water partition coefficient (Wildman–Crippen LogP) is 3.74. The molecule has 0 rings (SSSR count). The first kappa shape index (κ1) is 17.6. The maximum atomic E-state index is 11.8. The van der Waals surface area contributed by atoms with Gasteiger partial charge in [-0.3, -0.25) is 9.00 Å². The molecule has 108 valence electrons. The molecule has 0 fully saturated rings. The standard InChI is InChI=1S/C14H28O3S/c1-4-5-6-7-8-9-10-11-12-18(17)14(2,3)13(15)16/h4-12H2,1-3H3,(H,15,16). The smallest absolute Gasteiger partial charge is 0.321 e. The van der Waals surface area contributed by atoms with E-state index in [1.807, 2.05) is 0 Å². The van der Waals surface area contributed by atoms with Crippen LogP contribution in [0.25, 0.3) is 0 Å². The Kier molecular flexibility index (Phi) is 9.34. The van der Waals surface area contributed by atoms with Crippen molar-refractivity contribution in [3.05, 3.63) is 0 Å². The summed E-state index contributed by atoms with van der Waals surface area (Å²) >= 11 is 0.